The van der Waals surface area contributed by atoms with E-state index in [1.54, 1.807) is 24.4 Å². The second-order valence-electron chi connectivity index (χ2n) is 2.84. The number of pyridine rings is 1. The smallest absolute Gasteiger partial charge is 0.326 e. The molecule has 0 aliphatic carbocycles. The van der Waals surface area contributed by atoms with Crippen LogP contribution in [-0.4, -0.2) is 23.5 Å². The van der Waals surface area contributed by atoms with Crippen molar-refractivity contribution in [3.63, 3.8) is 0 Å². The number of rotatable bonds is 3. The Kier molecular flexibility index (Phi) is 4.52. The average Bonchev–Trinajstić information content (AvgIpc) is 2.27. The fraction of sp³-hybridized carbons (Fsp3) is 0.100. The number of nitrogens with two attached hydrogens (primary N) is 1. The molecular formula is C10H13N5O. The second-order valence-corrected chi connectivity index (χ2v) is 2.84. The van der Waals surface area contributed by atoms with Crippen LogP contribution < -0.4 is 16.4 Å². The predicted molar refractivity (Wildman–Crippen MR) is 63.1 cm³/mol. The van der Waals surface area contributed by atoms with E-state index in [0.717, 1.165) is 0 Å². The van der Waals surface area contributed by atoms with Crippen molar-refractivity contribution in [2.75, 3.05) is 11.9 Å². The molecule has 1 rings (SSSR count). The third kappa shape index (κ3) is 4.23. The van der Waals surface area contributed by atoms with E-state index in [9.17, 15) is 4.79 Å². The molecule has 6 nitrogen and oxygen atoms in total. The van der Waals surface area contributed by atoms with E-state index in [4.69, 9.17) is 5.73 Å². The van der Waals surface area contributed by atoms with Gasteiger partial charge >= 0.3 is 6.03 Å². The molecule has 0 bridgehead atoms. The molecule has 1 aromatic heterocycles. The van der Waals surface area contributed by atoms with E-state index in [-0.39, 0.29) is 5.96 Å². The number of aliphatic imine (C=N–C) groups is 1. The lowest BCUT2D eigenvalue weighted by Crippen LogP contribution is -2.39. The van der Waals surface area contributed by atoms with Gasteiger partial charge in [0.05, 0.1) is 18.4 Å². The first-order valence-electron chi connectivity index (χ1n) is 4.61. The van der Waals surface area contributed by atoms with Crippen molar-refractivity contribution in [1.82, 2.24) is 10.3 Å². The molecule has 0 spiro atoms. The third-order valence-electron chi connectivity index (χ3n) is 1.55. The molecule has 0 unspecified atom stereocenters. The van der Waals surface area contributed by atoms with Crippen LogP contribution in [0.25, 0.3) is 0 Å². The lowest BCUT2D eigenvalue weighted by Gasteiger charge is -2.05. The topological polar surface area (TPSA) is 92.4 Å². The summed E-state index contributed by atoms with van der Waals surface area (Å²) in [6.45, 7) is 3.84. The summed E-state index contributed by atoms with van der Waals surface area (Å²) in [5.41, 5.74) is 6.01. The van der Waals surface area contributed by atoms with Crippen molar-refractivity contribution in [3.05, 3.63) is 37.2 Å². The van der Waals surface area contributed by atoms with Gasteiger partial charge in [0.15, 0.2) is 5.96 Å². The molecule has 84 valence electrons. The Balaban J connectivity index is 2.45. The van der Waals surface area contributed by atoms with Crippen molar-refractivity contribution < 1.29 is 4.79 Å². The van der Waals surface area contributed by atoms with E-state index in [1.165, 1.54) is 6.20 Å². The summed E-state index contributed by atoms with van der Waals surface area (Å²) in [7, 11) is 0. The Labute approximate surface area is 93.3 Å². The number of hydrogen-bond donors (Lipinski definition) is 3. The molecule has 6 heteroatoms. The lowest BCUT2D eigenvalue weighted by molar-refractivity contribution is 0.256. The van der Waals surface area contributed by atoms with Crippen molar-refractivity contribution in [2.45, 2.75) is 0 Å². The van der Waals surface area contributed by atoms with Crippen LogP contribution >= 0.6 is 0 Å². The van der Waals surface area contributed by atoms with E-state index in [2.05, 4.69) is 27.2 Å². The molecule has 0 aliphatic rings. The first-order chi connectivity index (χ1) is 7.72. The minimum absolute atomic E-state index is 0.0429. The van der Waals surface area contributed by atoms with Crippen LogP contribution in [0.4, 0.5) is 10.5 Å². The summed E-state index contributed by atoms with van der Waals surface area (Å²) in [5, 5.41) is 4.92. The monoisotopic (exact) mass is 219 g/mol. The molecule has 1 heterocycles. The molecule has 16 heavy (non-hydrogen) atoms. The summed E-state index contributed by atoms with van der Waals surface area (Å²) in [5.74, 6) is 0.0429. The highest BCUT2D eigenvalue weighted by Gasteiger charge is 2.02. The fourth-order valence-corrected chi connectivity index (χ4v) is 0.918. The van der Waals surface area contributed by atoms with Gasteiger partial charge in [-0.3, -0.25) is 10.3 Å². The van der Waals surface area contributed by atoms with Gasteiger partial charge < -0.3 is 11.1 Å². The van der Waals surface area contributed by atoms with Crippen LogP contribution in [0.5, 0.6) is 0 Å². The van der Waals surface area contributed by atoms with Crippen molar-refractivity contribution in [3.8, 4) is 0 Å². The van der Waals surface area contributed by atoms with Gasteiger partial charge in [-0.15, -0.1) is 6.58 Å². The summed E-state index contributed by atoms with van der Waals surface area (Å²) in [6.07, 6.45) is 4.72. The molecular weight excluding hydrogens is 206 g/mol. The second kappa shape index (κ2) is 6.18. The SMILES string of the molecule is C=CCN=C(N)NC(=O)Nc1cccnc1. The summed E-state index contributed by atoms with van der Waals surface area (Å²) >= 11 is 0. The van der Waals surface area contributed by atoms with Gasteiger partial charge in [0, 0.05) is 6.20 Å². The zero-order valence-corrected chi connectivity index (χ0v) is 8.68. The highest BCUT2D eigenvalue weighted by atomic mass is 16.2. The Morgan fingerprint density at radius 3 is 3.12 bits per heavy atom. The maximum Gasteiger partial charge on any atom is 0.326 e. The number of carbonyl (C=O) groups excluding carboxylic acids is 1. The standard InChI is InChI=1S/C10H13N5O/c1-2-5-13-9(11)15-10(16)14-8-4-3-6-12-7-8/h2-4,6-7H,1,5H2,(H4,11,13,14,15,16). The van der Waals surface area contributed by atoms with E-state index in [0.29, 0.717) is 12.2 Å². The van der Waals surface area contributed by atoms with Gasteiger partial charge in [-0.25, -0.2) is 9.79 Å². The minimum atomic E-state index is -0.460. The van der Waals surface area contributed by atoms with Crippen LogP contribution in [0, 0.1) is 0 Å². The fourth-order valence-electron chi connectivity index (χ4n) is 0.918. The van der Waals surface area contributed by atoms with Gasteiger partial charge in [0.2, 0.25) is 0 Å². The van der Waals surface area contributed by atoms with Crippen molar-refractivity contribution >= 4 is 17.7 Å². The summed E-state index contributed by atoms with van der Waals surface area (Å²) in [4.78, 5) is 19.0. The predicted octanol–water partition coefficient (Wildman–Crippen LogP) is 0.704. The Morgan fingerprint density at radius 2 is 2.50 bits per heavy atom. The third-order valence-corrected chi connectivity index (χ3v) is 1.55. The molecule has 0 atom stereocenters. The highest BCUT2D eigenvalue weighted by molar-refractivity contribution is 6.01. The number of carbonyl (C=O) groups is 1. The molecule has 0 saturated carbocycles. The number of nitrogens with one attached hydrogen (secondary N) is 2. The Hall–Kier alpha value is -2.37. The number of aromatic nitrogens is 1. The normalized spacial score (nSPS) is 10.6. The van der Waals surface area contributed by atoms with Gasteiger partial charge in [0.25, 0.3) is 0 Å². The van der Waals surface area contributed by atoms with Gasteiger partial charge in [0.1, 0.15) is 0 Å². The quantitative estimate of drug-likeness (QED) is 0.397. The molecule has 0 radical (unpaired) electrons. The summed E-state index contributed by atoms with van der Waals surface area (Å²) < 4.78 is 0. The van der Waals surface area contributed by atoms with Gasteiger partial charge in [-0.2, -0.15) is 0 Å². The number of hydrogen-bond acceptors (Lipinski definition) is 3. The maximum atomic E-state index is 11.3. The Bertz CT molecular complexity index is 387. The summed E-state index contributed by atoms with van der Waals surface area (Å²) in [6, 6.07) is 2.97. The molecule has 0 aromatic carbocycles. The number of guanidine groups is 1. The van der Waals surface area contributed by atoms with Crippen LogP contribution in [0.1, 0.15) is 0 Å². The molecule has 0 saturated heterocycles. The van der Waals surface area contributed by atoms with Gasteiger partial charge in [-0.1, -0.05) is 6.08 Å². The first-order valence-corrected chi connectivity index (χ1v) is 4.61. The molecule has 0 fully saturated rings. The lowest BCUT2D eigenvalue weighted by atomic mass is 10.4. The number of amides is 2. The van der Waals surface area contributed by atoms with Crippen molar-refractivity contribution in [1.29, 1.82) is 0 Å². The van der Waals surface area contributed by atoms with Gasteiger partial charge in [-0.05, 0) is 12.1 Å². The highest BCUT2D eigenvalue weighted by Crippen LogP contribution is 2.01. The number of nitrogens with zero attached hydrogens (tertiary/aromatic N) is 2. The molecule has 2 amide bonds. The van der Waals surface area contributed by atoms with E-state index >= 15 is 0 Å². The van der Waals surface area contributed by atoms with E-state index < -0.39 is 6.03 Å². The average molecular weight is 219 g/mol. The maximum absolute atomic E-state index is 11.3. The molecule has 0 aliphatic heterocycles. The zero-order chi connectivity index (χ0) is 11.8. The number of urea groups is 1. The zero-order valence-electron chi connectivity index (χ0n) is 8.68. The van der Waals surface area contributed by atoms with Crippen LogP contribution in [0.2, 0.25) is 0 Å². The Morgan fingerprint density at radius 1 is 1.69 bits per heavy atom. The van der Waals surface area contributed by atoms with Crippen LogP contribution in [0.3, 0.4) is 0 Å². The van der Waals surface area contributed by atoms with Crippen LogP contribution in [-0.2, 0) is 0 Å². The largest absolute Gasteiger partial charge is 0.370 e. The van der Waals surface area contributed by atoms with Crippen LogP contribution in [0.15, 0.2) is 42.2 Å². The minimum Gasteiger partial charge on any atom is -0.370 e. The first kappa shape index (κ1) is 11.7. The van der Waals surface area contributed by atoms with E-state index in [1.807, 2.05) is 0 Å². The van der Waals surface area contributed by atoms with Crippen molar-refractivity contribution in [2.24, 2.45) is 10.7 Å². The molecule has 4 N–H and O–H groups in total. The number of anilines is 1. The molecule has 1 aromatic rings.